The van der Waals surface area contributed by atoms with Crippen LogP contribution in [0, 0.1) is 13.0 Å². The van der Waals surface area contributed by atoms with Gasteiger partial charge in [0.1, 0.15) is 5.76 Å². The molecular weight excluding hydrogens is 472 g/mol. The third kappa shape index (κ3) is 6.45. The molecule has 0 fully saturated rings. The van der Waals surface area contributed by atoms with Crippen molar-refractivity contribution >= 4 is 11.7 Å². The molecule has 0 atom stereocenters. The van der Waals surface area contributed by atoms with Crippen molar-refractivity contribution in [3.63, 3.8) is 0 Å². The minimum Gasteiger partial charge on any atom is -1.00 e. The average Bonchev–Trinajstić information content (AvgIpc) is 2.39. The van der Waals surface area contributed by atoms with E-state index in [9.17, 15) is 4.79 Å². The van der Waals surface area contributed by atoms with Crippen LogP contribution in [-0.4, -0.2) is 5.97 Å². The van der Waals surface area contributed by atoms with Gasteiger partial charge in [0.25, 0.3) is 0 Å². The quantitative estimate of drug-likeness (QED) is 0.277. The standard InChI is InChI=1S/C17H15O2.ClH.Hg/c1-13-7-6-10-16(11-13)17(19-14(2)18)12-15-8-4-3-5-9-15;;/h3-11H,1-2H3;1H;/q;;+1/p-1. The summed E-state index contributed by atoms with van der Waals surface area (Å²) in [5.74, 6) is 0.0994. The molecule has 0 aliphatic rings. The van der Waals surface area contributed by atoms with Crippen molar-refractivity contribution in [1.82, 2.24) is 0 Å². The maximum absolute atomic E-state index is 11.2. The molecule has 0 N–H and O–H groups in total. The Morgan fingerprint density at radius 2 is 1.71 bits per heavy atom. The summed E-state index contributed by atoms with van der Waals surface area (Å²) in [4.78, 5) is 11.2. The van der Waals surface area contributed by atoms with Gasteiger partial charge in [-0.25, -0.2) is 0 Å². The van der Waals surface area contributed by atoms with Crippen LogP contribution >= 0.6 is 0 Å². The van der Waals surface area contributed by atoms with Crippen molar-refractivity contribution in [1.29, 1.82) is 0 Å². The van der Waals surface area contributed by atoms with E-state index in [-0.39, 0.29) is 46.0 Å². The number of rotatable bonds is 3. The second-order valence-corrected chi connectivity index (χ2v) is 4.28. The van der Waals surface area contributed by atoms with Crippen LogP contribution in [0.1, 0.15) is 23.6 Å². The summed E-state index contributed by atoms with van der Waals surface area (Å²) in [6, 6.07) is 17.4. The molecule has 0 bridgehead atoms. The van der Waals surface area contributed by atoms with E-state index in [1.165, 1.54) is 6.92 Å². The van der Waals surface area contributed by atoms with Crippen LogP contribution in [0.2, 0.25) is 0 Å². The van der Waals surface area contributed by atoms with Crippen LogP contribution in [-0.2, 0) is 37.2 Å². The number of carbonyl (C=O) groups is 1. The summed E-state index contributed by atoms with van der Waals surface area (Å²) in [6.45, 7) is 3.39. The van der Waals surface area contributed by atoms with Gasteiger partial charge in [0.05, 0.1) is 0 Å². The molecule has 0 spiro atoms. The van der Waals surface area contributed by atoms with Gasteiger partial charge in [-0.3, -0.25) is 4.79 Å². The first kappa shape index (κ1) is 19.9. The number of benzene rings is 2. The zero-order valence-electron chi connectivity index (χ0n) is 12.1. The van der Waals surface area contributed by atoms with Gasteiger partial charge in [0.15, 0.2) is 0 Å². The van der Waals surface area contributed by atoms with E-state index in [2.05, 4.69) is 6.08 Å². The van der Waals surface area contributed by atoms with E-state index in [0.717, 1.165) is 16.7 Å². The van der Waals surface area contributed by atoms with Crippen LogP contribution < -0.4 is 12.4 Å². The molecule has 21 heavy (non-hydrogen) atoms. The summed E-state index contributed by atoms with van der Waals surface area (Å²) in [6.07, 6.45) is 3.13. The molecule has 0 aromatic heterocycles. The third-order valence-electron chi connectivity index (χ3n) is 2.56. The van der Waals surface area contributed by atoms with Crippen LogP contribution in [0.15, 0.2) is 54.6 Å². The predicted molar refractivity (Wildman–Crippen MR) is 75.1 cm³/mol. The molecule has 4 heteroatoms. The second kappa shape index (κ2) is 9.75. The van der Waals surface area contributed by atoms with Gasteiger partial charge < -0.3 is 17.1 Å². The van der Waals surface area contributed by atoms with Crippen LogP contribution in [0.5, 0.6) is 0 Å². The van der Waals surface area contributed by atoms with Gasteiger partial charge in [0.2, 0.25) is 0 Å². The Kier molecular flexibility index (Phi) is 9.22. The minimum absolute atomic E-state index is 0. The molecule has 0 saturated carbocycles. The fraction of sp³-hybridized carbons (Fsp3) is 0.118. The molecule has 0 aliphatic heterocycles. The first-order chi connectivity index (χ1) is 9.15. The summed E-state index contributed by atoms with van der Waals surface area (Å²) in [5.41, 5.74) is 2.83. The van der Waals surface area contributed by atoms with E-state index in [1.54, 1.807) is 0 Å². The molecule has 2 rings (SSSR count). The normalized spacial score (nSPS) is 10.1. The predicted octanol–water partition coefficient (Wildman–Crippen LogP) is 0.752. The molecule has 0 heterocycles. The minimum atomic E-state index is -0.347. The molecule has 2 aromatic rings. The molecule has 104 valence electrons. The largest absolute Gasteiger partial charge is 1.00 e. The van der Waals surface area contributed by atoms with Gasteiger partial charge in [-0.1, -0.05) is 54.1 Å². The van der Waals surface area contributed by atoms with Crippen molar-refractivity contribution in [3.8, 4) is 0 Å². The van der Waals surface area contributed by atoms with Crippen molar-refractivity contribution in [2.45, 2.75) is 13.8 Å². The van der Waals surface area contributed by atoms with Crippen LogP contribution in [0.3, 0.4) is 0 Å². The number of hydrogen-bond donors (Lipinski definition) is 0. The zero-order valence-corrected chi connectivity index (χ0v) is 18.4. The molecule has 0 aliphatic carbocycles. The molecular formula is C17H15ClHgO2. The number of esters is 1. The maximum Gasteiger partial charge on any atom is 1.00 e. The number of hydrogen-bond acceptors (Lipinski definition) is 2. The Labute approximate surface area is 152 Å². The van der Waals surface area contributed by atoms with E-state index in [1.807, 2.05) is 61.5 Å². The van der Waals surface area contributed by atoms with Crippen molar-refractivity contribution < 1.29 is 49.6 Å². The Morgan fingerprint density at radius 3 is 2.29 bits per heavy atom. The van der Waals surface area contributed by atoms with E-state index in [0.29, 0.717) is 5.76 Å². The third-order valence-corrected chi connectivity index (χ3v) is 2.56. The average molecular weight is 487 g/mol. The monoisotopic (exact) mass is 488 g/mol. The Bertz CT molecular complexity index is 609. The molecule has 0 unspecified atom stereocenters. The Balaban J connectivity index is 0.00000200. The number of aryl methyl sites for hydroxylation is 1. The SMILES string of the molecule is CC(=O)OC(=[C]c1ccccc1)c1cccc(C)c1.[Cl-].[Hg+]. The summed E-state index contributed by atoms with van der Waals surface area (Å²) in [5, 5.41) is 0. The van der Waals surface area contributed by atoms with Crippen molar-refractivity contribution in [2.75, 3.05) is 0 Å². The smallest absolute Gasteiger partial charge is 1.00 e. The molecule has 0 saturated heterocycles. The fourth-order valence-electron chi connectivity index (χ4n) is 1.74. The van der Waals surface area contributed by atoms with Crippen LogP contribution in [0.25, 0.3) is 5.76 Å². The van der Waals surface area contributed by atoms with Crippen LogP contribution in [0.4, 0.5) is 0 Å². The molecule has 0 amide bonds. The summed E-state index contributed by atoms with van der Waals surface area (Å²) in [7, 11) is 0. The summed E-state index contributed by atoms with van der Waals surface area (Å²) < 4.78 is 5.26. The molecule has 2 radical (unpaired) electrons. The van der Waals surface area contributed by atoms with Gasteiger partial charge in [-0.2, -0.15) is 0 Å². The van der Waals surface area contributed by atoms with Crippen molar-refractivity contribution in [3.05, 3.63) is 77.4 Å². The maximum atomic E-state index is 11.2. The Hall–Kier alpha value is -1.12. The van der Waals surface area contributed by atoms with E-state index < -0.39 is 0 Å². The molecule has 2 nitrogen and oxygen atoms in total. The van der Waals surface area contributed by atoms with Gasteiger partial charge in [-0.15, -0.1) is 0 Å². The zero-order chi connectivity index (χ0) is 13.7. The van der Waals surface area contributed by atoms with Crippen molar-refractivity contribution in [2.24, 2.45) is 0 Å². The van der Waals surface area contributed by atoms with E-state index >= 15 is 0 Å². The summed E-state index contributed by atoms with van der Waals surface area (Å²) >= 11 is 0. The van der Waals surface area contributed by atoms with Gasteiger partial charge in [0, 0.05) is 18.6 Å². The fourth-order valence-corrected chi connectivity index (χ4v) is 1.74. The topological polar surface area (TPSA) is 26.3 Å². The number of carbonyl (C=O) groups excluding carboxylic acids is 1. The Morgan fingerprint density at radius 1 is 1.05 bits per heavy atom. The number of ether oxygens (including phenoxy) is 1. The first-order valence-corrected chi connectivity index (χ1v) is 6.09. The second-order valence-electron chi connectivity index (χ2n) is 4.28. The number of halogens is 1. The van der Waals surface area contributed by atoms with Gasteiger partial charge in [-0.05, 0) is 18.6 Å². The van der Waals surface area contributed by atoms with E-state index in [4.69, 9.17) is 4.74 Å². The molecule has 2 aromatic carbocycles. The van der Waals surface area contributed by atoms with Gasteiger partial charge >= 0.3 is 33.6 Å². The first-order valence-electron chi connectivity index (χ1n) is 6.09.